The van der Waals surface area contributed by atoms with E-state index in [2.05, 4.69) is 10.1 Å². The maximum Gasteiger partial charge on any atom is 0.263 e. The van der Waals surface area contributed by atoms with Crippen LogP contribution in [0.25, 0.3) is 0 Å². The molecule has 1 aromatic carbocycles. The molecule has 0 aliphatic heterocycles. The fourth-order valence-electron chi connectivity index (χ4n) is 6.22. The summed E-state index contributed by atoms with van der Waals surface area (Å²) in [5.74, 6) is 3.18. The Hall–Kier alpha value is -1.64. The molecule has 0 unspecified atom stereocenters. The molecule has 0 saturated heterocycles. The van der Waals surface area contributed by atoms with Crippen LogP contribution in [0.15, 0.2) is 34.5 Å². The van der Waals surface area contributed by atoms with Gasteiger partial charge in [0.1, 0.15) is 12.4 Å². The first-order chi connectivity index (χ1) is 14.8. The van der Waals surface area contributed by atoms with Gasteiger partial charge in [0.05, 0.1) is 10.6 Å². The molecule has 1 heterocycles. The van der Waals surface area contributed by atoms with E-state index in [0.717, 1.165) is 30.0 Å². The molecule has 0 spiro atoms. The molecule has 2 aromatic rings. The zero-order valence-corrected chi connectivity index (χ0v) is 19.8. The van der Waals surface area contributed by atoms with Gasteiger partial charge in [-0.2, -0.15) is 0 Å². The Balaban J connectivity index is 1.27. The summed E-state index contributed by atoms with van der Waals surface area (Å²) in [6.45, 7) is 1.36. The number of ether oxygens (including phenoxy) is 1. The lowest BCUT2D eigenvalue weighted by Crippen LogP contribution is -2.48. The summed E-state index contributed by atoms with van der Waals surface area (Å²) in [6, 6.07) is 6.57. The van der Waals surface area contributed by atoms with Crippen molar-refractivity contribution >= 4 is 26.5 Å². The molecule has 6 nitrogen and oxygen atoms in total. The molecule has 4 saturated carbocycles. The largest absolute Gasteiger partial charge is 0.492 e. The van der Waals surface area contributed by atoms with Gasteiger partial charge in [-0.15, -0.1) is 11.3 Å². The summed E-state index contributed by atoms with van der Waals surface area (Å²) < 4.78 is 34.1. The van der Waals surface area contributed by atoms with Gasteiger partial charge in [-0.05, 0) is 94.6 Å². The molecule has 0 atom stereocenters. The zero-order chi connectivity index (χ0) is 21.6. The Kier molecular flexibility index (Phi) is 5.51. The SMILES string of the molecule is CN(C)CCOc1ccc(S(=O)(=O)Nc2nc(C34CC5CC(CC(C5)C3)C4)cs2)cc1. The number of nitrogens with one attached hydrogen (secondary N) is 1. The van der Waals surface area contributed by atoms with Crippen molar-refractivity contribution in [1.82, 2.24) is 9.88 Å². The number of aromatic nitrogens is 1. The van der Waals surface area contributed by atoms with Crippen molar-refractivity contribution in [3.8, 4) is 5.75 Å². The maximum atomic E-state index is 12.9. The normalized spacial score (nSPS) is 29.5. The van der Waals surface area contributed by atoms with Crippen molar-refractivity contribution in [1.29, 1.82) is 0 Å². The van der Waals surface area contributed by atoms with E-state index in [9.17, 15) is 8.42 Å². The number of thiazole rings is 1. The third kappa shape index (κ3) is 4.34. The molecule has 1 N–H and O–H groups in total. The van der Waals surface area contributed by atoms with E-state index >= 15 is 0 Å². The third-order valence-electron chi connectivity index (χ3n) is 7.25. The molecule has 1 aromatic heterocycles. The average Bonchev–Trinajstić information content (AvgIpc) is 3.16. The van der Waals surface area contributed by atoms with E-state index < -0.39 is 10.0 Å². The second kappa shape index (κ2) is 8.05. The van der Waals surface area contributed by atoms with Crippen molar-refractivity contribution in [2.24, 2.45) is 17.8 Å². The lowest BCUT2D eigenvalue weighted by atomic mass is 9.49. The number of hydrogen-bond acceptors (Lipinski definition) is 6. The number of rotatable bonds is 8. The third-order valence-corrected chi connectivity index (χ3v) is 9.49. The smallest absolute Gasteiger partial charge is 0.263 e. The molecule has 31 heavy (non-hydrogen) atoms. The topological polar surface area (TPSA) is 71.5 Å². The lowest BCUT2D eigenvalue weighted by Gasteiger charge is -2.56. The van der Waals surface area contributed by atoms with Crippen LogP contribution in [0.5, 0.6) is 5.75 Å². The fourth-order valence-corrected chi connectivity index (χ4v) is 8.31. The minimum Gasteiger partial charge on any atom is -0.492 e. The highest BCUT2D eigenvalue weighted by atomic mass is 32.2. The fraction of sp³-hybridized carbons (Fsp3) is 0.609. The molecule has 4 aliphatic carbocycles. The van der Waals surface area contributed by atoms with Crippen molar-refractivity contribution in [3.63, 3.8) is 0 Å². The molecule has 8 heteroatoms. The summed E-state index contributed by atoms with van der Waals surface area (Å²) >= 11 is 1.41. The van der Waals surface area contributed by atoms with Crippen molar-refractivity contribution < 1.29 is 13.2 Å². The van der Waals surface area contributed by atoms with Crippen LogP contribution >= 0.6 is 11.3 Å². The van der Waals surface area contributed by atoms with Crippen molar-refractivity contribution in [3.05, 3.63) is 35.3 Å². The average molecular weight is 462 g/mol. The van der Waals surface area contributed by atoms with Crippen molar-refractivity contribution in [2.75, 3.05) is 32.0 Å². The quantitative estimate of drug-likeness (QED) is 0.633. The van der Waals surface area contributed by atoms with Gasteiger partial charge in [0.15, 0.2) is 5.13 Å². The van der Waals surface area contributed by atoms with Gasteiger partial charge in [0.25, 0.3) is 10.0 Å². The molecule has 6 rings (SSSR count). The van der Waals surface area contributed by atoms with Crippen LogP contribution in [0.4, 0.5) is 5.13 Å². The summed E-state index contributed by atoms with van der Waals surface area (Å²) in [6.07, 6.45) is 7.84. The number of hydrogen-bond donors (Lipinski definition) is 1. The van der Waals surface area contributed by atoms with Crippen LogP contribution in [0, 0.1) is 17.8 Å². The minimum absolute atomic E-state index is 0.181. The minimum atomic E-state index is -3.67. The van der Waals surface area contributed by atoms with Gasteiger partial charge in [-0.1, -0.05) is 0 Å². The van der Waals surface area contributed by atoms with E-state index in [0.29, 0.717) is 17.5 Å². The second-order valence-corrected chi connectivity index (χ2v) is 12.5. The summed E-state index contributed by atoms with van der Waals surface area (Å²) in [5, 5.41) is 2.56. The Morgan fingerprint density at radius 3 is 2.29 bits per heavy atom. The van der Waals surface area contributed by atoms with Gasteiger partial charge in [0, 0.05) is 17.3 Å². The lowest BCUT2D eigenvalue weighted by molar-refractivity contribution is -0.00688. The number of anilines is 1. The van der Waals surface area contributed by atoms with E-state index in [1.807, 2.05) is 19.0 Å². The van der Waals surface area contributed by atoms with Gasteiger partial charge in [-0.3, -0.25) is 4.72 Å². The van der Waals surface area contributed by atoms with Gasteiger partial charge in [-0.25, -0.2) is 13.4 Å². The molecular weight excluding hydrogens is 430 g/mol. The number of benzene rings is 1. The number of likely N-dealkylation sites (N-methyl/N-ethyl adjacent to an activating group) is 1. The summed E-state index contributed by atoms with van der Waals surface area (Å²) in [7, 11) is 0.296. The molecule has 4 bridgehead atoms. The van der Waals surface area contributed by atoms with Crippen LogP contribution < -0.4 is 9.46 Å². The monoisotopic (exact) mass is 461 g/mol. The highest BCUT2D eigenvalue weighted by molar-refractivity contribution is 7.93. The van der Waals surface area contributed by atoms with Crippen LogP contribution in [0.3, 0.4) is 0 Å². The molecule has 4 fully saturated rings. The first-order valence-electron chi connectivity index (χ1n) is 11.2. The molecule has 0 radical (unpaired) electrons. The van der Waals surface area contributed by atoms with E-state index in [1.165, 1.54) is 49.9 Å². The first kappa shape index (κ1) is 21.2. The predicted octanol–water partition coefficient (Wildman–Crippen LogP) is 4.35. The highest BCUT2D eigenvalue weighted by Gasteiger charge is 2.52. The van der Waals surface area contributed by atoms with Crippen LogP contribution in [-0.4, -0.2) is 45.5 Å². The molecule has 0 amide bonds. The summed E-state index contributed by atoms with van der Waals surface area (Å²) in [4.78, 5) is 7.04. The Labute approximate surface area is 189 Å². The Bertz CT molecular complexity index is 995. The van der Waals surface area contributed by atoms with Crippen LogP contribution in [0.2, 0.25) is 0 Å². The van der Waals surface area contributed by atoms with E-state index in [4.69, 9.17) is 9.72 Å². The van der Waals surface area contributed by atoms with E-state index in [1.54, 1.807) is 24.3 Å². The van der Waals surface area contributed by atoms with Crippen LogP contribution in [-0.2, 0) is 15.4 Å². The van der Waals surface area contributed by atoms with Crippen LogP contribution in [0.1, 0.15) is 44.2 Å². The molecule has 4 aliphatic rings. The Morgan fingerprint density at radius 2 is 1.71 bits per heavy atom. The number of nitrogens with zero attached hydrogens (tertiary/aromatic N) is 2. The van der Waals surface area contributed by atoms with E-state index in [-0.39, 0.29) is 10.3 Å². The Morgan fingerprint density at radius 1 is 1.10 bits per heavy atom. The number of sulfonamides is 1. The summed E-state index contributed by atoms with van der Waals surface area (Å²) in [5.41, 5.74) is 1.29. The van der Waals surface area contributed by atoms with Crippen molar-refractivity contribution in [2.45, 2.75) is 48.8 Å². The zero-order valence-electron chi connectivity index (χ0n) is 18.2. The standard InChI is InChI=1S/C23H31N3O3S2/c1-26(2)7-8-29-19-3-5-20(6-4-19)31(27,28)25-22-24-21(15-30-22)23-12-16-9-17(13-23)11-18(10-16)14-23/h3-6,15-18H,7-14H2,1-2H3,(H,24,25). The van der Waals surface area contributed by atoms with Gasteiger partial charge >= 0.3 is 0 Å². The van der Waals surface area contributed by atoms with Gasteiger partial charge < -0.3 is 9.64 Å². The highest BCUT2D eigenvalue weighted by Crippen LogP contribution is 2.60. The molecular formula is C23H31N3O3S2. The maximum absolute atomic E-state index is 12.9. The molecule has 168 valence electrons. The predicted molar refractivity (Wildman–Crippen MR) is 123 cm³/mol. The first-order valence-corrected chi connectivity index (χ1v) is 13.5. The second-order valence-electron chi connectivity index (χ2n) is 9.96. The van der Waals surface area contributed by atoms with Gasteiger partial charge in [0.2, 0.25) is 0 Å².